The van der Waals surface area contributed by atoms with Gasteiger partial charge in [0, 0.05) is 13.1 Å². The standard InChI is InChI=1S/C8H15N5O3S2/c1-2-10-8-13-12-7(17-8)6(14)11-4-3-5-18(9,15)16/h2-5H2,1H3,(H,10,13)(H,11,14)(H2,9,15,16). The van der Waals surface area contributed by atoms with E-state index in [0.29, 0.717) is 11.7 Å². The van der Waals surface area contributed by atoms with Gasteiger partial charge in [-0.1, -0.05) is 11.3 Å². The minimum Gasteiger partial charge on any atom is -0.360 e. The van der Waals surface area contributed by atoms with Gasteiger partial charge in [0.25, 0.3) is 5.91 Å². The molecule has 0 spiro atoms. The molecule has 102 valence electrons. The average Bonchev–Trinajstić information content (AvgIpc) is 2.72. The summed E-state index contributed by atoms with van der Waals surface area (Å²) in [5, 5.41) is 18.6. The maximum Gasteiger partial charge on any atom is 0.282 e. The van der Waals surface area contributed by atoms with E-state index >= 15 is 0 Å². The van der Waals surface area contributed by atoms with Crippen molar-refractivity contribution in [1.82, 2.24) is 15.5 Å². The normalized spacial score (nSPS) is 11.2. The lowest BCUT2D eigenvalue weighted by Gasteiger charge is -2.01. The lowest BCUT2D eigenvalue weighted by molar-refractivity contribution is 0.0952. The fourth-order valence-electron chi connectivity index (χ4n) is 1.09. The van der Waals surface area contributed by atoms with Crippen molar-refractivity contribution in [2.75, 3.05) is 24.2 Å². The number of amides is 1. The van der Waals surface area contributed by atoms with E-state index in [1.807, 2.05) is 6.92 Å². The molecule has 0 saturated heterocycles. The fraction of sp³-hybridized carbons (Fsp3) is 0.625. The summed E-state index contributed by atoms with van der Waals surface area (Å²) < 4.78 is 21.3. The highest BCUT2D eigenvalue weighted by atomic mass is 32.2. The molecule has 18 heavy (non-hydrogen) atoms. The number of anilines is 1. The van der Waals surface area contributed by atoms with Crippen LogP contribution in [-0.4, -0.2) is 43.4 Å². The number of carbonyl (C=O) groups is 1. The zero-order valence-corrected chi connectivity index (χ0v) is 11.5. The van der Waals surface area contributed by atoms with Gasteiger partial charge in [-0.15, -0.1) is 10.2 Å². The van der Waals surface area contributed by atoms with Gasteiger partial charge in [0.15, 0.2) is 0 Å². The zero-order chi connectivity index (χ0) is 13.6. The number of hydrogen-bond donors (Lipinski definition) is 3. The fourth-order valence-corrected chi connectivity index (χ4v) is 2.36. The van der Waals surface area contributed by atoms with Gasteiger partial charge in [-0.3, -0.25) is 4.79 Å². The number of primary sulfonamides is 1. The first-order chi connectivity index (χ1) is 8.42. The summed E-state index contributed by atoms with van der Waals surface area (Å²) in [4.78, 5) is 11.6. The number of hydrogen-bond acceptors (Lipinski definition) is 7. The SMILES string of the molecule is CCNc1nnc(C(=O)NCCCS(N)(=O)=O)s1. The lowest BCUT2D eigenvalue weighted by atomic mass is 10.4. The number of sulfonamides is 1. The van der Waals surface area contributed by atoms with Crippen LogP contribution in [0.25, 0.3) is 0 Å². The van der Waals surface area contributed by atoms with E-state index < -0.39 is 10.0 Å². The highest BCUT2D eigenvalue weighted by molar-refractivity contribution is 7.89. The van der Waals surface area contributed by atoms with Gasteiger partial charge < -0.3 is 10.6 Å². The molecule has 0 fully saturated rings. The quantitative estimate of drug-likeness (QED) is 0.575. The van der Waals surface area contributed by atoms with Crippen LogP contribution in [0.5, 0.6) is 0 Å². The Morgan fingerprint density at radius 2 is 2.17 bits per heavy atom. The maximum absolute atomic E-state index is 11.6. The molecule has 0 aliphatic carbocycles. The first-order valence-corrected chi connectivity index (χ1v) is 7.81. The van der Waals surface area contributed by atoms with Gasteiger partial charge in [0.05, 0.1) is 5.75 Å². The molecule has 1 aromatic rings. The Bertz CT molecular complexity index is 499. The van der Waals surface area contributed by atoms with Crippen molar-refractivity contribution in [3.8, 4) is 0 Å². The van der Waals surface area contributed by atoms with Crippen LogP contribution in [0.3, 0.4) is 0 Å². The topological polar surface area (TPSA) is 127 Å². The van der Waals surface area contributed by atoms with Gasteiger partial charge >= 0.3 is 0 Å². The summed E-state index contributed by atoms with van der Waals surface area (Å²) in [7, 11) is -3.48. The molecule has 0 saturated carbocycles. The van der Waals surface area contributed by atoms with Gasteiger partial charge in [0.1, 0.15) is 0 Å². The minimum atomic E-state index is -3.48. The second-order valence-electron chi connectivity index (χ2n) is 3.42. The maximum atomic E-state index is 11.6. The lowest BCUT2D eigenvalue weighted by Crippen LogP contribution is -2.27. The number of rotatable bonds is 7. The van der Waals surface area contributed by atoms with Crippen molar-refractivity contribution in [1.29, 1.82) is 0 Å². The summed E-state index contributed by atoms with van der Waals surface area (Å²) in [6, 6.07) is 0. The molecule has 1 rings (SSSR count). The van der Waals surface area contributed by atoms with Gasteiger partial charge in [-0.25, -0.2) is 13.6 Å². The van der Waals surface area contributed by atoms with Crippen LogP contribution in [0, 0.1) is 0 Å². The Morgan fingerprint density at radius 3 is 2.78 bits per heavy atom. The third-order valence-electron chi connectivity index (χ3n) is 1.84. The summed E-state index contributed by atoms with van der Waals surface area (Å²) in [5.74, 6) is -0.530. The molecule has 0 atom stereocenters. The second-order valence-corrected chi connectivity index (χ2v) is 6.13. The molecular formula is C8H15N5O3S2. The van der Waals surface area contributed by atoms with Gasteiger partial charge in [-0.2, -0.15) is 0 Å². The Labute approximate surface area is 109 Å². The second kappa shape index (κ2) is 6.61. The molecule has 0 radical (unpaired) electrons. The molecule has 0 aromatic carbocycles. The molecule has 0 aliphatic rings. The predicted molar refractivity (Wildman–Crippen MR) is 69.0 cm³/mol. The van der Waals surface area contributed by atoms with Crippen molar-refractivity contribution in [3.05, 3.63) is 5.01 Å². The first-order valence-electron chi connectivity index (χ1n) is 5.28. The number of nitrogens with zero attached hydrogens (tertiary/aromatic N) is 2. The largest absolute Gasteiger partial charge is 0.360 e. The molecule has 1 heterocycles. The van der Waals surface area contributed by atoms with Crippen LogP contribution < -0.4 is 15.8 Å². The molecule has 0 aliphatic heterocycles. The highest BCUT2D eigenvalue weighted by Crippen LogP contribution is 2.14. The predicted octanol–water partition coefficient (Wildman–Crippen LogP) is -0.622. The monoisotopic (exact) mass is 293 g/mol. The summed E-state index contributed by atoms with van der Waals surface area (Å²) in [6.45, 7) is 2.84. The Kier molecular flexibility index (Phi) is 5.44. The molecule has 8 nitrogen and oxygen atoms in total. The van der Waals surface area contributed by atoms with E-state index in [-0.39, 0.29) is 29.6 Å². The minimum absolute atomic E-state index is 0.161. The van der Waals surface area contributed by atoms with E-state index in [0.717, 1.165) is 11.3 Å². The van der Waals surface area contributed by atoms with Crippen LogP contribution in [0.15, 0.2) is 0 Å². The third-order valence-corrected chi connectivity index (χ3v) is 3.58. The highest BCUT2D eigenvalue weighted by Gasteiger charge is 2.12. The number of carbonyl (C=O) groups excluding carboxylic acids is 1. The summed E-state index contributed by atoms with van der Waals surface area (Å²) >= 11 is 1.14. The molecule has 10 heteroatoms. The smallest absolute Gasteiger partial charge is 0.282 e. The molecule has 0 bridgehead atoms. The van der Waals surface area contributed by atoms with E-state index in [4.69, 9.17) is 5.14 Å². The third kappa shape index (κ3) is 5.38. The van der Waals surface area contributed by atoms with Gasteiger partial charge in [0.2, 0.25) is 20.2 Å². The Hall–Kier alpha value is -1.26. The van der Waals surface area contributed by atoms with Crippen molar-refractivity contribution < 1.29 is 13.2 Å². The summed E-state index contributed by atoms with van der Waals surface area (Å²) in [5.41, 5.74) is 0. The van der Waals surface area contributed by atoms with Crippen molar-refractivity contribution >= 4 is 32.4 Å². The van der Waals surface area contributed by atoms with E-state index in [2.05, 4.69) is 20.8 Å². The van der Waals surface area contributed by atoms with Crippen molar-refractivity contribution in [2.45, 2.75) is 13.3 Å². The van der Waals surface area contributed by atoms with Crippen LogP contribution in [0.4, 0.5) is 5.13 Å². The van der Waals surface area contributed by atoms with Crippen LogP contribution in [0.1, 0.15) is 23.1 Å². The zero-order valence-electron chi connectivity index (χ0n) is 9.84. The van der Waals surface area contributed by atoms with Crippen molar-refractivity contribution in [3.63, 3.8) is 0 Å². The van der Waals surface area contributed by atoms with Gasteiger partial charge in [-0.05, 0) is 13.3 Å². The number of aromatic nitrogens is 2. The van der Waals surface area contributed by atoms with Crippen LogP contribution in [-0.2, 0) is 10.0 Å². The van der Waals surface area contributed by atoms with Crippen LogP contribution >= 0.6 is 11.3 Å². The molecule has 1 amide bonds. The Morgan fingerprint density at radius 1 is 1.44 bits per heavy atom. The summed E-state index contributed by atoms with van der Waals surface area (Å²) in [6.07, 6.45) is 0.267. The van der Waals surface area contributed by atoms with Crippen LogP contribution in [0.2, 0.25) is 0 Å². The number of nitrogens with one attached hydrogen (secondary N) is 2. The van der Waals surface area contributed by atoms with E-state index in [1.165, 1.54) is 0 Å². The first kappa shape index (κ1) is 14.8. The van der Waals surface area contributed by atoms with E-state index in [1.54, 1.807) is 0 Å². The average molecular weight is 293 g/mol. The molecule has 4 N–H and O–H groups in total. The number of nitrogens with two attached hydrogens (primary N) is 1. The molecule has 1 aromatic heterocycles. The molecule has 0 unspecified atom stereocenters. The van der Waals surface area contributed by atoms with Crippen molar-refractivity contribution in [2.24, 2.45) is 5.14 Å². The van der Waals surface area contributed by atoms with E-state index in [9.17, 15) is 13.2 Å². The molecular weight excluding hydrogens is 278 g/mol. The Balaban J connectivity index is 2.36.